The molecule has 0 amide bonds. The highest BCUT2D eigenvalue weighted by Gasteiger charge is 2.42. The van der Waals surface area contributed by atoms with E-state index in [2.05, 4.69) is 61.4 Å². The monoisotopic (exact) mass is 412 g/mol. The van der Waals surface area contributed by atoms with Crippen molar-refractivity contribution in [2.24, 2.45) is 11.1 Å². The number of halogens is 2. The predicted octanol–water partition coefficient (Wildman–Crippen LogP) is 6.42. The van der Waals surface area contributed by atoms with E-state index in [0.717, 1.165) is 29.7 Å². The van der Waals surface area contributed by atoms with E-state index in [9.17, 15) is 8.78 Å². The lowest BCUT2D eigenvalue weighted by Crippen LogP contribution is -2.37. The van der Waals surface area contributed by atoms with Gasteiger partial charge in [0.15, 0.2) is 0 Å². The van der Waals surface area contributed by atoms with Gasteiger partial charge in [-0.15, -0.1) is 0 Å². The zero-order chi connectivity index (χ0) is 21.9. The summed E-state index contributed by atoms with van der Waals surface area (Å²) >= 11 is 0. The number of likely N-dealkylation sites (N-methyl/N-ethyl adjacent to an activating group) is 1. The van der Waals surface area contributed by atoms with Crippen LogP contribution in [0.4, 0.5) is 8.78 Å². The second-order valence-electron chi connectivity index (χ2n) is 9.03. The van der Waals surface area contributed by atoms with Crippen molar-refractivity contribution in [2.45, 2.75) is 51.4 Å². The number of nitrogens with two attached hydrogens (primary N) is 1. The summed E-state index contributed by atoms with van der Waals surface area (Å²) in [4.78, 5) is 2.07. The molecule has 2 aliphatic carbocycles. The highest BCUT2D eigenvalue weighted by atomic mass is 19.3. The molecule has 4 heteroatoms. The maximum atomic E-state index is 13.6. The zero-order valence-corrected chi connectivity index (χ0v) is 18.3. The molecule has 0 aliphatic heterocycles. The maximum Gasteiger partial charge on any atom is 0.248 e. The molecule has 0 bridgehead atoms. The Labute approximate surface area is 179 Å². The first-order valence-electron chi connectivity index (χ1n) is 10.8. The van der Waals surface area contributed by atoms with Crippen LogP contribution in [0, 0.1) is 5.41 Å². The fraction of sp³-hybridized carbons (Fsp3) is 0.462. The molecule has 0 atom stereocenters. The molecule has 2 N–H and O–H groups in total. The van der Waals surface area contributed by atoms with Crippen LogP contribution in [0.3, 0.4) is 0 Å². The molecule has 1 saturated carbocycles. The predicted molar refractivity (Wildman–Crippen MR) is 123 cm³/mol. The Hall–Kier alpha value is -2.20. The summed E-state index contributed by atoms with van der Waals surface area (Å²) in [5.41, 5.74) is 12.2. The molecule has 162 valence electrons. The normalized spacial score (nSPS) is 20.2. The van der Waals surface area contributed by atoms with E-state index < -0.39 is 5.92 Å². The Bertz CT molecular complexity index is 852. The Kier molecular flexibility index (Phi) is 6.66. The van der Waals surface area contributed by atoms with Crippen molar-refractivity contribution < 1.29 is 8.78 Å². The van der Waals surface area contributed by atoms with Gasteiger partial charge in [-0.05, 0) is 53.5 Å². The first-order chi connectivity index (χ1) is 14.1. The fourth-order valence-corrected chi connectivity index (χ4v) is 4.50. The van der Waals surface area contributed by atoms with Gasteiger partial charge in [0, 0.05) is 44.1 Å². The number of rotatable bonds is 7. The van der Waals surface area contributed by atoms with E-state index >= 15 is 0 Å². The number of hydrogen-bond acceptors (Lipinski definition) is 2. The lowest BCUT2D eigenvalue weighted by molar-refractivity contribution is -0.0598. The molecule has 3 rings (SSSR count). The Morgan fingerprint density at radius 2 is 1.63 bits per heavy atom. The molecular weight excluding hydrogens is 378 g/mol. The maximum absolute atomic E-state index is 13.6. The van der Waals surface area contributed by atoms with Crippen molar-refractivity contribution in [1.29, 1.82) is 0 Å². The molecule has 30 heavy (non-hydrogen) atoms. The van der Waals surface area contributed by atoms with Crippen LogP contribution in [0.1, 0.15) is 56.6 Å². The van der Waals surface area contributed by atoms with Gasteiger partial charge in [0.05, 0.1) is 0 Å². The van der Waals surface area contributed by atoms with Crippen molar-refractivity contribution in [2.75, 3.05) is 20.1 Å². The van der Waals surface area contributed by atoms with E-state index in [0.29, 0.717) is 25.9 Å². The lowest BCUT2D eigenvalue weighted by Gasteiger charge is -2.42. The molecule has 2 aliphatic rings. The molecule has 1 aromatic carbocycles. The number of hydrogen-bond donors (Lipinski definition) is 1. The number of benzene rings is 1. The smallest absolute Gasteiger partial charge is 0.248 e. The topological polar surface area (TPSA) is 29.3 Å². The fourth-order valence-electron chi connectivity index (χ4n) is 4.50. The number of alkyl halides is 2. The third kappa shape index (κ3) is 4.92. The average molecular weight is 413 g/mol. The molecule has 0 saturated heterocycles. The van der Waals surface area contributed by atoms with Crippen molar-refractivity contribution >= 4 is 11.1 Å². The molecule has 1 aromatic rings. The second kappa shape index (κ2) is 8.89. The van der Waals surface area contributed by atoms with Crippen LogP contribution < -0.4 is 5.73 Å². The summed E-state index contributed by atoms with van der Waals surface area (Å²) < 4.78 is 27.2. The average Bonchev–Trinajstić information content (AvgIpc) is 2.75. The van der Waals surface area contributed by atoms with Crippen LogP contribution in [-0.2, 0) is 0 Å². The Balaban J connectivity index is 1.64. The molecule has 2 nitrogen and oxygen atoms in total. The minimum atomic E-state index is -2.53. The summed E-state index contributed by atoms with van der Waals surface area (Å²) in [7, 11) is 1.98. The summed E-state index contributed by atoms with van der Waals surface area (Å²) in [6.45, 7) is 11.7. The molecule has 0 unspecified atom stereocenters. The van der Waals surface area contributed by atoms with Crippen molar-refractivity contribution in [3.63, 3.8) is 0 Å². The summed E-state index contributed by atoms with van der Waals surface area (Å²) in [6, 6.07) is 8.45. The van der Waals surface area contributed by atoms with E-state index in [4.69, 9.17) is 5.73 Å². The van der Waals surface area contributed by atoms with Crippen LogP contribution in [0.15, 0.2) is 60.8 Å². The van der Waals surface area contributed by atoms with Gasteiger partial charge < -0.3 is 10.6 Å². The molecule has 0 spiro atoms. The Morgan fingerprint density at radius 1 is 1.03 bits per heavy atom. The largest absolute Gasteiger partial charge is 0.374 e. The van der Waals surface area contributed by atoms with Crippen LogP contribution in [0.25, 0.3) is 11.1 Å². The molecular formula is C26H34F2N2. The highest BCUT2D eigenvalue weighted by Crippen LogP contribution is 2.47. The quantitative estimate of drug-likeness (QED) is 0.560. The SMILES string of the molecule is C=C(CN(C)C(=C)C1(C)CCC(F)(F)CC1)c1ccc(C2=CCCC=C2CN)cc1. The molecule has 0 aromatic heterocycles. The summed E-state index contributed by atoms with van der Waals surface area (Å²) in [5, 5.41) is 0. The first-order valence-corrected chi connectivity index (χ1v) is 10.8. The minimum absolute atomic E-state index is 0.0617. The van der Waals surface area contributed by atoms with Crippen LogP contribution in [0.5, 0.6) is 0 Å². The van der Waals surface area contributed by atoms with Crippen LogP contribution in [0.2, 0.25) is 0 Å². The number of allylic oxidation sites excluding steroid dienone is 3. The standard InChI is InChI=1S/C26H34F2N2/c1-19(18-30(4)20(2)25(3)13-15-26(27,28)16-14-25)21-9-11-22(12-10-21)24-8-6-5-7-23(24)17-29/h7-12H,1-2,5-6,13-18,29H2,3-4H3. The van der Waals surface area contributed by atoms with Crippen molar-refractivity contribution in [1.82, 2.24) is 4.90 Å². The van der Waals surface area contributed by atoms with E-state index in [1.165, 1.54) is 16.7 Å². The van der Waals surface area contributed by atoms with E-state index in [-0.39, 0.29) is 18.3 Å². The molecule has 0 heterocycles. The van der Waals surface area contributed by atoms with Gasteiger partial charge in [-0.25, -0.2) is 8.78 Å². The summed E-state index contributed by atoms with van der Waals surface area (Å²) in [5.74, 6) is -2.53. The van der Waals surface area contributed by atoms with Gasteiger partial charge in [-0.2, -0.15) is 0 Å². The molecule has 1 fully saturated rings. The van der Waals surface area contributed by atoms with Crippen LogP contribution >= 0.6 is 0 Å². The van der Waals surface area contributed by atoms with Gasteiger partial charge in [0.1, 0.15) is 0 Å². The van der Waals surface area contributed by atoms with Gasteiger partial charge in [-0.3, -0.25) is 0 Å². The number of nitrogens with zero attached hydrogens (tertiary/aromatic N) is 1. The lowest BCUT2D eigenvalue weighted by atomic mass is 9.72. The van der Waals surface area contributed by atoms with Crippen LogP contribution in [-0.4, -0.2) is 31.0 Å². The van der Waals surface area contributed by atoms with Gasteiger partial charge in [-0.1, -0.05) is 56.5 Å². The highest BCUT2D eigenvalue weighted by molar-refractivity contribution is 5.81. The van der Waals surface area contributed by atoms with Gasteiger partial charge in [0.25, 0.3) is 0 Å². The van der Waals surface area contributed by atoms with Crippen molar-refractivity contribution in [3.8, 4) is 0 Å². The zero-order valence-electron chi connectivity index (χ0n) is 18.3. The Morgan fingerprint density at radius 3 is 2.23 bits per heavy atom. The first kappa shape index (κ1) is 22.5. The molecule has 0 radical (unpaired) electrons. The third-order valence-electron chi connectivity index (χ3n) is 6.75. The van der Waals surface area contributed by atoms with E-state index in [1.807, 2.05) is 7.05 Å². The third-order valence-corrected chi connectivity index (χ3v) is 6.75. The second-order valence-corrected chi connectivity index (χ2v) is 9.03. The van der Waals surface area contributed by atoms with Gasteiger partial charge >= 0.3 is 0 Å². The van der Waals surface area contributed by atoms with Crippen molar-refractivity contribution in [3.05, 3.63) is 72.0 Å². The summed E-state index contributed by atoms with van der Waals surface area (Å²) in [6.07, 6.45) is 7.40. The van der Waals surface area contributed by atoms with Gasteiger partial charge in [0.2, 0.25) is 5.92 Å². The van der Waals surface area contributed by atoms with E-state index in [1.54, 1.807) is 0 Å². The minimum Gasteiger partial charge on any atom is -0.374 e.